The molecule has 1 amide bonds. The van der Waals surface area contributed by atoms with E-state index < -0.39 is 15.9 Å². The predicted octanol–water partition coefficient (Wildman–Crippen LogP) is 1.87. The van der Waals surface area contributed by atoms with Crippen LogP contribution in [0.4, 0.5) is 0 Å². The van der Waals surface area contributed by atoms with Crippen molar-refractivity contribution in [3.8, 4) is 5.75 Å². The number of carbonyl (C=O) groups is 1. The molecule has 0 bridgehead atoms. The van der Waals surface area contributed by atoms with Crippen LogP contribution in [0, 0.1) is 0 Å². The number of rotatable bonds is 6. The lowest BCUT2D eigenvalue weighted by Gasteiger charge is -2.26. The van der Waals surface area contributed by atoms with E-state index in [2.05, 4.69) is 10.5 Å². The Morgan fingerprint density at radius 2 is 1.79 bits per heavy atom. The minimum Gasteiger partial charge on any atom is -0.497 e. The highest BCUT2D eigenvalue weighted by atomic mass is 32.2. The average molecular weight is 417 g/mol. The number of benzene rings is 2. The Hall–Kier alpha value is -2.75. The monoisotopic (exact) mass is 417 g/mol. The molecular formula is C20H23N3O5S. The van der Waals surface area contributed by atoms with E-state index in [0.29, 0.717) is 37.8 Å². The minimum absolute atomic E-state index is 0.0700. The molecule has 3 rings (SSSR count). The van der Waals surface area contributed by atoms with Crippen molar-refractivity contribution in [1.82, 2.24) is 9.73 Å². The molecular weight excluding hydrogens is 394 g/mol. The van der Waals surface area contributed by atoms with E-state index in [0.717, 1.165) is 5.56 Å². The van der Waals surface area contributed by atoms with E-state index in [-0.39, 0.29) is 10.5 Å². The summed E-state index contributed by atoms with van der Waals surface area (Å²) >= 11 is 0. The predicted molar refractivity (Wildman–Crippen MR) is 109 cm³/mol. The van der Waals surface area contributed by atoms with Crippen LogP contribution in [0.25, 0.3) is 0 Å². The molecule has 8 nitrogen and oxygen atoms in total. The van der Waals surface area contributed by atoms with Gasteiger partial charge in [-0.3, -0.25) is 4.79 Å². The Morgan fingerprint density at radius 3 is 2.52 bits per heavy atom. The Labute approximate surface area is 170 Å². The fraction of sp³-hybridized carbons (Fsp3) is 0.300. The number of ether oxygens (including phenoxy) is 2. The molecule has 1 aliphatic rings. The SMILES string of the molecule is COc1cccc(/C(C)=N/NC(=O)c2cccc(S(=O)(=O)N3CCOCC3)c2)c1. The second kappa shape index (κ2) is 9.17. The van der Waals surface area contributed by atoms with Crippen LogP contribution in [0.5, 0.6) is 5.75 Å². The highest BCUT2D eigenvalue weighted by Gasteiger charge is 2.26. The maximum atomic E-state index is 12.8. The summed E-state index contributed by atoms with van der Waals surface area (Å²) in [5.41, 5.74) is 4.07. The average Bonchev–Trinajstić information content (AvgIpc) is 2.78. The van der Waals surface area contributed by atoms with E-state index in [4.69, 9.17) is 9.47 Å². The lowest BCUT2D eigenvalue weighted by Crippen LogP contribution is -2.40. The number of methoxy groups -OCH3 is 1. The topological polar surface area (TPSA) is 97.3 Å². The number of hydrazone groups is 1. The number of morpholine rings is 1. The zero-order chi connectivity index (χ0) is 20.9. The van der Waals surface area contributed by atoms with Crippen LogP contribution in [0.1, 0.15) is 22.8 Å². The summed E-state index contributed by atoms with van der Waals surface area (Å²) in [4.78, 5) is 12.6. The quantitative estimate of drug-likeness (QED) is 0.572. The fourth-order valence-corrected chi connectivity index (χ4v) is 4.30. The molecule has 1 heterocycles. The van der Waals surface area contributed by atoms with Gasteiger partial charge in [0, 0.05) is 24.2 Å². The van der Waals surface area contributed by atoms with Gasteiger partial charge in [-0.05, 0) is 37.3 Å². The second-order valence-corrected chi connectivity index (χ2v) is 8.35. The van der Waals surface area contributed by atoms with Crippen molar-refractivity contribution in [2.45, 2.75) is 11.8 Å². The molecule has 0 radical (unpaired) electrons. The largest absolute Gasteiger partial charge is 0.497 e. The van der Waals surface area contributed by atoms with Crippen LogP contribution in [0.15, 0.2) is 58.5 Å². The third kappa shape index (κ3) is 5.00. The minimum atomic E-state index is -3.68. The summed E-state index contributed by atoms with van der Waals surface area (Å²) in [7, 11) is -2.10. The highest BCUT2D eigenvalue weighted by molar-refractivity contribution is 7.89. The van der Waals surface area contributed by atoms with Crippen LogP contribution in [-0.2, 0) is 14.8 Å². The summed E-state index contributed by atoms with van der Waals surface area (Å²) < 4.78 is 37.3. The van der Waals surface area contributed by atoms with E-state index in [1.54, 1.807) is 32.2 Å². The molecule has 0 unspecified atom stereocenters. The molecule has 0 spiro atoms. The molecule has 1 fully saturated rings. The Kier molecular flexibility index (Phi) is 6.63. The van der Waals surface area contributed by atoms with Gasteiger partial charge in [0.25, 0.3) is 5.91 Å². The van der Waals surface area contributed by atoms with Crippen molar-refractivity contribution < 1.29 is 22.7 Å². The molecule has 1 N–H and O–H groups in total. The highest BCUT2D eigenvalue weighted by Crippen LogP contribution is 2.18. The van der Waals surface area contributed by atoms with Crippen molar-refractivity contribution in [2.24, 2.45) is 5.10 Å². The molecule has 0 saturated carbocycles. The van der Waals surface area contributed by atoms with Gasteiger partial charge in [-0.1, -0.05) is 18.2 Å². The molecule has 9 heteroatoms. The first-order chi connectivity index (χ1) is 13.9. The van der Waals surface area contributed by atoms with Gasteiger partial charge >= 0.3 is 0 Å². The molecule has 0 atom stereocenters. The van der Waals surface area contributed by atoms with Crippen LogP contribution in [-0.4, -0.2) is 57.8 Å². The van der Waals surface area contributed by atoms with Crippen molar-refractivity contribution in [1.29, 1.82) is 0 Å². The zero-order valence-corrected chi connectivity index (χ0v) is 17.1. The molecule has 0 aromatic heterocycles. The van der Waals surface area contributed by atoms with Gasteiger partial charge < -0.3 is 9.47 Å². The second-order valence-electron chi connectivity index (χ2n) is 6.41. The standard InChI is InChI=1S/C20H23N3O5S/c1-15(16-5-3-7-18(13-16)27-2)21-22-20(24)17-6-4-8-19(14-17)29(25,26)23-9-11-28-12-10-23/h3-8,13-14H,9-12H2,1-2H3,(H,22,24)/b21-15+. The molecule has 2 aromatic carbocycles. The molecule has 154 valence electrons. The lowest BCUT2D eigenvalue weighted by molar-refractivity contribution is 0.0730. The van der Waals surface area contributed by atoms with Crippen LogP contribution >= 0.6 is 0 Å². The zero-order valence-electron chi connectivity index (χ0n) is 16.3. The number of hydrogen-bond donors (Lipinski definition) is 1. The summed E-state index contributed by atoms with van der Waals surface area (Å²) in [6, 6.07) is 13.2. The summed E-state index contributed by atoms with van der Waals surface area (Å²) in [6.45, 7) is 3.06. The van der Waals surface area contributed by atoms with E-state index >= 15 is 0 Å². The van der Waals surface area contributed by atoms with E-state index in [1.807, 2.05) is 18.2 Å². The number of nitrogens with zero attached hydrogens (tertiary/aromatic N) is 2. The Bertz CT molecular complexity index is 1010. The number of nitrogens with one attached hydrogen (secondary N) is 1. The first kappa shape index (κ1) is 21.0. The number of hydrogen-bond acceptors (Lipinski definition) is 6. The molecule has 0 aliphatic carbocycles. The number of amides is 1. The third-order valence-electron chi connectivity index (χ3n) is 4.52. The fourth-order valence-electron chi connectivity index (χ4n) is 2.85. The maximum Gasteiger partial charge on any atom is 0.271 e. The van der Waals surface area contributed by atoms with E-state index in [1.165, 1.54) is 16.4 Å². The first-order valence-corrected chi connectivity index (χ1v) is 10.5. The van der Waals surface area contributed by atoms with Gasteiger partial charge in [-0.25, -0.2) is 13.8 Å². The first-order valence-electron chi connectivity index (χ1n) is 9.09. The molecule has 1 saturated heterocycles. The smallest absolute Gasteiger partial charge is 0.271 e. The maximum absolute atomic E-state index is 12.8. The third-order valence-corrected chi connectivity index (χ3v) is 6.41. The summed E-state index contributed by atoms with van der Waals surface area (Å²) in [5.74, 6) is 0.190. The van der Waals surface area contributed by atoms with Crippen LogP contribution in [0.2, 0.25) is 0 Å². The molecule has 1 aliphatic heterocycles. The van der Waals surface area contributed by atoms with Crippen molar-refractivity contribution in [3.63, 3.8) is 0 Å². The van der Waals surface area contributed by atoms with Gasteiger partial charge in [-0.15, -0.1) is 0 Å². The lowest BCUT2D eigenvalue weighted by atomic mass is 10.1. The Morgan fingerprint density at radius 1 is 1.10 bits per heavy atom. The van der Waals surface area contributed by atoms with Crippen LogP contribution < -0.4 is 10.2 Å². The van der Waals surface area contributed by atoms with Crippen molar-refractivity contribution in [3.05, 3.63) is 59.7 Å². The van der Waals surface area contributed by atoms with Gasteiger partial charge in [0.15, 0.2) is 0 Å². The van der Waals surface area contributed by atoms with Gasteiger partial charge in [0.05, 0.1) is 30.9 Å². The normalized spacial score (nSPS) is 15.7. The van der Waals surface area contributed by atoms with Crippen molar-refractivity contribution in [2.75, 3.05) is 33.4 Å². The molecule has 29 heavy (non-hydrogen) atoms. The van der Waals surface area contributed by atoms with Gasteiger partial charge in [0.2, 0.25) is 10.0 Å². The number of carbonyl (C=O) groups excluding carboxylic acids is 1. The van der Waals surface area contributed by atoms with Gasteiger partial charge in [0.1, 0.15) is 5.75 Å². The number of sulfonamides is 1. The Balaban J connectivity index is 1.75. The van der Waals surface area contributed by atoms with Crippen molar-refractivity contribution >= 4 is 21.6 Å². The van der Waals surface area contributed by atoms with E-state index in [9.17, 15) is 13.2 Å². The summed E-state index contributed by atoms with van der Waals surface area (Å²) in [6.07, 6.45) is 0. The summed E-state index contributed by atoms with van der Waals surface area (Å²) in [5, 5.41) is 4.11. The molecule has 2 aromatic rings. The van der Waals surface area contributed by atoms with Gasteiger partial charge in [-0.2, -0.15) is 9.41 Å². The van der Waals surface area contributed by atoms with Crippen LogP contribution in [0.3, 0.4) is 0 Å².